The summed E-state index contributed by atoms with van der Waals surface area (Å²) in [4.78, 5) is 0. The molecule has 0 aliphatic rings. The third kappa shape index (κ3) is 3.46. The van der Waals surface area contributed by atoms with Crippen molar-refractivity contribution in [2.75, 3.05) is 5.32 Å². The second-order valence-corrected chi connectivity index (χ2v) is 5.49. The highest BCUT2D eigenvalue weighted by atomic mass is 127. The number of nitrogens with one attached hydrogen (secondary N) is 1. The van der Waals surface area contributed by atoms with E-state index in [0.29, 0.717) is 6.04 Å². The molecule has 0 saturated carbocycles. The van der Waals surface area contributed by atoms with E-state index in [0.717, 1.165) is 17.9 Å². The summed E-state index contributed by atoms with van der Waals surface area (Å²) >= 11 is 2.30. The minimum Gasteiger partial charge on any atom is -0.379 e. The molecule has 0 aliphatic heterocycles. The van der Waals surface area contributed by atoms with Crippen molar-refractivity contribution in [2.24, 2.45) is 0 Å². The molecule has 1 N–H and O–H groups in total. The van der Waals surface area contributed by atoms with Gasteiger partial charge in [0, 0.05) is 21.5 Å². The zero-order chi connectivity index (χ0) is 12.3. The number of hydrogen-bond donors (Lipinski definition) is 1. The van der Waals surface area contributed by atoms with Crippen LogP contribution in [-0.2, 0) is 6.54 Å². The average Bonchev–Trinajstić information content (AvgIpc) is 2.77. The molecule has 0 unspecified atom stereocenters. The van der Waals surface area contributed by atoms with Gasteiger partial charge in [0.25, 0.3) is 0 Å². The van der Waals surface area contributed by atoms with E-state index < -0.39 is 0 Å². The van der Waals surface area contributed by atoms with Crippen LogP contribution in [0.3, 0.4) is 0 Å². The molecule has 1 aromatic heterocycles. The van der Waals surface area contributed by atoms with Crippen LogP contribution in [0, 0.1) is 3.57 Å². The first-order chi connectivity index (χ1) is 8.15. The van der Waals surface area contributed by atoms with Crippen molar-refractivity contribution in [2.45, 2.75) is 26.4 Å². The van der Waals surface area contributed by atoms with Crippen LogP contribution in [0.1, 0.15) is 25.6 Å². The Kier molecular flexibility index (Phi) is 4.04. The number of benzene rings is 1. The molecule has 17 heavy (non-hydrogen) atoms. The molecule has 1 aromatic carbocycles. The van der Waals surface area contributed by atoms with Gasteiger partial charge in [0.05, 0.1) is 12.2 Å². The maximum absolute atomic E-state index is 4.50. The van der Waals surface area contributed by atoms with E-state index >= 15 is 0 Å². The first-order valence-corrected chi connectivity index (χ1v) is 6.76. The number of anilines is 1. The van der Waals surface area contributed by atoms with Crippen LogP contribution in [-0.4, -0.2) is 9.78 Å². The van der Waals surface area contributed by atoms with Gasteiger partial charge in [-0.25, -0.2) is 0 Å². The lowest BCUT2D eigenvalue weighted by atomic mass is 10.3. The molecule has 0 bridgehead atoms. The molecule has 0 spiro atoms. The Morgan fingerprint density at radius 2 is 1.94 bits per heavy atom. The fourth-order valence-electron chi connectivity index (χ4n) is 1.52. The van der Waals surface area contributed by atoms with E-state index in [4.69, 9.17) is 0 Å². The van der Waals surface area contributed by atoms with Gasteiger partial charge in [-0.05, 0) is 66.8 Å². The van der Waals surface area contributed by atoms with Gasteiger partial charge >= 0.3 is 0 Å². The Hall–Kier alpha value is -1.04. The second-order valence-electron chi connectivity index (χ2n) is 4.24. The Morgan fingerprint density at radius 1 is 1.24 bits per heavy atom. The van der Waals surface area contributed by atoms with Crippen LogP contribution in [0.5, 0.6) is 0 Å². The van der Waals surface area contributed by atoms with Crippen LogP contribution >= 0.6 is 22.6 Å². The van der Waals surface area contributed by atoms with Gasteiger partial charge in [0.1, 0.15) is 0 Å². The van der Waals surface area contributed by atoms with E-state index in [-0.39, 0.29) is 0 Å². The predicted octanol–water partition coefficient (Wildman–Crippen LogP) is 3.68. The average molecular weight is 341 g/mol. The topological polar surface area (TPSA) is 29.9 Å². The Balaban J connectivity index is 1.95. The fourth-order valence-corrected chi connectivity index (χ4v) is 1.88. The summed E-state index contributed by atoms with van der Waals surface area (Å²) in [5.74, 6) is 0. The van der Waals surface area contributed by atoms with Gasteiger partial charge < -0.3 is 5.32 Å². The van der Waals surface area contributed by atoms with E-state index in [1.54, 1.807) is 0 Å². The Labute approximate surface area is 115 Å². The van der Waals surface area contributed by atoms with Gasteiger partial charge in [0.2, 0.25) is 0 Å². The first-order valence-electron chi connectivity index (χ1n) is 5.68. The van der Waals surface area contributed by atoms with E-state index in [2.05, 4.69) is 77.2 Å². The summed E-state index contributed by atoms with van der Waals surface area (Å²) < 4.78 is 3.22. The highest BCUT2D eigenvalue weighted by Crippen LogP contribution is 2.12. The van der Waals surface area contributed by atoms with E-state index in [9.17, 15) is 0 Å². The molecule has 2 aromatic rings. The van der Waals surface area contributed by atoms with Gasteiger partial charge in [-0.15, -0.1) is 0 Å². The third-order valence-corrected chi connectivity index (χ3v) is 3.23. The molecule has 0 aliphatic carbocycles. The minimum atomic E-state index is 0.419. The van der Waals surface area contributed by atoms with E-state index in [1.165, 1.54) is 3.57 Å². The maximum atomic E-state index is 4.50. The van der Waals surface area contributed by atoms with Crippen LogP contribution in [0.2, 0.25) is 0 Å². The number of hydrogen-bond acceptors (Lipinski definition) is 2. The van der Waals surface area contributed by atoms with Gasteiger partial charge in [-0.3, -0.25) is 4.68 Å². The zero-order valence-electron chi connectivity index (χ0n) is 10.0. The molecule has 0 fully saturated rings. The van der Waals surface area contributed by atoms with Crippen molar-refractivity contribution in [1.29, 1.82) is 0 Å². The van der Waals surface area contributed by atoms with Crippen molar-refractivity contribution in [3.05, 3.63) is 45.8 Å². The summed E-state index contributed by atoms with van der Waals surface area (Å²) in [5.41, 5.74) is 2.20. The standard InChI is InChI=1S/C13H16IN3/c1-10(2)17-8-7-13(16-17)9-15-12-5-3-11(14)4-6-12/h3-8,10,15H,9H2,1-2H3. The molecule has 1 heterocycles. The van der Waals surface area contributed by atoms with E-state index in [1.807, 2.05) is 10.9 Å². The maximum Gasteiger partial charge on any atom is 0.0815 e. The fraction of sp³-hybridized carbons (Fsp3) is 0.308. The van der Waals surface area contributed by atoms with Gasteiger partial charge in [-0.2, -0.15) is 5.10 Å². The summed E-state index contributed by atoms with van der Waals surface area (Å²) in [7, 11) is 0. The molecule has 0 atom stereocenters. The number of aromatic nitrogens is 2. The first kappa shape index (κ1) is 12.4. The number of rotatable bonds is 4. The molecule has 4 heteroatoms. The highest BCUT2D eigenvalue weighted by molar-refractivity contribution is 14.1. The Bertz CT molecular complexity index is 474. The van der Waals surface area contributed by atoms with Crippen molar-refractivity contribution < 1.29 is 0 Å². The largest absolute Gasteiger partial charge is 0.379 e. The summed E-state index contributed by atoms with van der Waals surface area (Å²) in [5, 5.41) is 7.86. The minimum absolute atomic E-state index is 0.419. The van der Waals surface area contributed by atoms with Gasteiger partial charge in [-0.1, -0.05) is 0 Å². The summed E-state index contributed by atoms with van der Waals surface area (Å²) in [6.07, 6.45) is 2.02. The molecule has 90 valence electrons. The van der Waals surface area contributed by atoms with Crippen molar-refractivity contribution in [3.63, 3.8) is 0 Å². The zero-order valence-corrected chi connectivity index (χ0v) is 12.2. The number of halogens is 1. The SMILES string of the molecule is CC(C)n1ccc(CNc2ccc(I)cc2)n1. The van der Waals surface area contributed by atoms with Crippen LogP contribution in [0.15, 0.2) is 36.5 Å². The smallest absolute Gasteiger partial charge is 0.0815 e. The quantitative estimate of drug-likeness (QED) is 0.860. The van der Waals surface area contributed by atoms with Crippen LogP contribution in [0.25, 0.3) is 0 Å². The lowest BCUT2D eigenvalue weighted by molar-refractivity contribution is 0.527. The van der Waals surface area contributed by atoms with Crippen LogP contribution < -0.4 is 5.32 Å². The van der Waals surface area contributed by atoms with Crippen molar-refractivity contribution >= 4 is 28.3 Å². The predicted molar refractivity (Wildman–Crippen MR) is 79.1 cm³/mol. The molecule has 0 saturated heterocycles. The number of nitrogens with zero attached hydrogens (tertiary/aromatic N) is 2. The molecular formula is C13H16IN3. The van der Waals surface area contributed by atoms with Gasteiger partial charge in [0.15, 0.2) is 0 Å². The lowest BCUT2D eigenvalue weighted by Gasteiger charge is -2.05. The molecule has 2 rings (SSSR count). The third-order valence-electron chi connectivity index (χ3n) is 2.51. The molecule has 3 nitrogen and oxygen atoms in total. The summed E-state index contributed by atoms with van der Waals surface area (Å²) in [6.45, 7) is 5.02. The molecule has 0 amide bonds. The van der Waals surface area contributed by atoms with Crippen molar-refractivity contribution in [1.82, 2.24) is 9.78 Å². The highest BCUT2D eigenvalue weighted by Gasteiger charge is 2.01. The normalized spacial score (nSPS) is 10.8. The molecule has 0 radical (unpaired) electrons. The monoisotopic (exact) mass is 341 g/mol. The second kappa shape index (κ2) is 5.53. The lowest BCUT2D eigenvalue weighted by Crippen LogP contribution is -2.04. The van der Waals surface area contributed by atoms with Crippen molar-refractivity contribution in [3.8, 4) is 0 Å². The molecular weight excluding hydrogens is 325 g/mol. The Morgan fingerprint density at radius 3 is 2.53 bits per heavy atom. The summed E-state index contributed by atoms with van der Waals surface area (Å²) in [6, 6.07) is 10.8. The van der Waals surface area contributed by atoms with Crippen LogP contribution in [0.4, 0.5) is 5.69 Å².